The minimum atomic E-state index is -3.44. The molecule has 25 heavy (non-hydrogen) atoms. The van der Waals surface area contributed by atoms with Crippen LogP contribution in [-0.4, -0.2) is 41.6 Å². The highest BCUT2D eigenvalue weighted by Crippen LogP contribution is 2.22. The van der Waals surface area contributed by atoms with E-state index in [1.807, 2.05) is 0 Å². The maximum absolute atomic E-state index is 13.1. The second-order valence-electron chi connectivity index (χ2n) is 5.12. The lowest BCUT2D eigenvalue weighted by atomic mass is 10.2. The van der Waals surface area contributed by atoms with Gasteiger partial charge in [-0.1, -0.05) is 13.0 Å². The molecular formula is C15H18ClF2N3O4. The quantitative estimate of drug-likeness (QED) is 0.310. The van der Waals surface area contributed by atoms with Gasteiger partial charge in [-0.2, -0.15) is 8.78 Å². The molecule has 0 saturated carbocycles. The number of benzene rings is 1. The molecule has 0 fully saturated rings. The van der Waals surface area contributed by atoms with Gasteiger partial charge in [0.1, 0.15) is 5.88 Å². The zero-order chi connectivity index (χ0) is 19.0. The Morgan fingerprint density at radius 1 is 1.40 bits per heavy atom. The van der Waals surface area contributed by atoms with Gasteiger partial charge in [0, 0.05) is 31.6 Å². The lowest BCUT2D eigenvalue weighted by Gasteiger charge is -2.22. The van der Waals surface area contributed by atoms with Crippen LogP contribution in [0.25, 0.3) is 0 Å². The Morgan fingerprint density at radius 3 is 2.64 bits per heavy atom. The monoisotopic (exact) mass is 377 g/mol. The van der Waals surface area contributed by atoms with Crippen LogP contribution in [0.5, 0.6) is 0 Å². The van der Waals surface area contributed by atoms with Crippen LogP contribution in [0.4, 0.5) is 20.2 Å². The van der Waals surface area contributed by atoms with E-state index in [1.54, 1.807) is 0 Å². The van der Waals surface area contributed by atoms with E-state index in [4.69, 9.17) is 11.6 Å². The number of amides is 2. The van der Waals surface area contributed by atoms with Gasteiger partial charge < -0.3 is 10.2 Å². The molecule has 1 N–H and O–H groups in total. The smallest absolute Gasteiger partial charge is 0.324 e. The second-order valence-corrected chi connectivity index (χ2v) is 5.39. The summed E-state index contributed by atoms with van der Waals surface area (Å²) in [7, 11) is 0. The molecule has 7 nitrogen and oxygen atoms in total. The van der Waals surface area contributed by atoms with Gasteiger partial charge in [-0.25, -0.2) is 0 Å². The number of carbonyl (C=O) groups is 2. The molecule has 0 radical (unpaired) electrons. The van der Waals surface area contributed by atoms with Crippen LogP contribution >= 0.6 is 11.6 Å². The molecule has 1 rings (SSSR count). The van der Waals surface area contributed by atoms with E-state index in [0.29, 0.717) is 0 Å². The summed E-state index contributed by atoms with van der Waals surface area (Å²) in [6.45, 7) is 1.18. The second kappa shape index (κ2) is 9.26. The van der Waals surface area contributed by atoms with E-state index in [-0.39, 0.29) is 36.8 Å². The molecule has 0 atom stereocenters. The molecule has 0 saturated heterocycles. The van der Waals surface area contributed by atoms with Crippen LogP contribution in [-0.2, 0) is 9.59 Å². The molecule has 1 aromatic carbocycles. The Balaban J connectivity index is 2.72. The number of hydrogen-bond donors (Lipinski definition) is 1. The van der Waals surface area contributed by atoms with Gasteiger partial charge in [0.15, 0.2) is 0 Å². The number of alkyl halides is 3. The molecule has 0 aromatic heterocycles. The van der Waals surface area contributed by atoms with E-state index < -0.39 is 29.1 Å². The Morgan fingerprint density at radius 2 is 2.08 bits per heavy atom. The van der Waals surface area contributed by atoms with Crippen molar-refractivity contribution in [1.82, 2.24) is 5.32 Å². The van der Waals surface area contributed by atoms with Crippen molar-refractivity contribution in [2.24, 2.45) is 0 Å². The fourth-order valence-corrected chi connectivity index (χ4v) is 2.12. The zero-order valence-electron chi connectivity index (χ0n) is 13.5. The predicted octanol–water partition coefficient (Wildman–Crippen LogP) is 2.72. The Hall–Kier alpha value is -2.29. The number of nitro groups is 1. The Kier molecular flexibility index (Phi) is 7.69. The van der Waals surface area contributed by atoms with Gasteiger partial charge in [-0.05, 0) is 12.5 Å². The Labute approximate surface area is 148 Å². The highest BCUT2D eigenvalue weighted by atomic mass is 35.5. The minimum absolute atomic E-state index is 0.0602. The van der Waals surface area contributed by atoms with Crippen LogP contribution in [0.2, 0.25) is 0 Å². The van der Waals surface area contributed by atoms with Crippen LogP contribution in [0.1, 0.15) is 19.8 Å². The normalized spacial score (nSPS) is 11.0. The van der Waals surface area contributed by atoms with Gasteiger partial charge in [0.05, 0.1) is 10.6 Å². The van der Waals surface area contributed by atoms with Gasteiger partial charge >= 0.3 is 5.92 Å². The first-order chi connectivity index (χ1) is 11.7. The number of nitro benzene ring substituents is 1. The summed E-state index contributed by atoms with van der Waals surface area (Å²) >= 11 is 5.55. The fourth-order valence-electron chi connectivity index (χ4n) is 1.97. The highest BCUT2D eigenvalue weighted by Gasteiger charge is 2.35. The SMILES string of the molecule is CCC(F)(F)C(=O)NCCCN(C(=O)CCl)c1cccc([N+](=O)[O-])c1. The summed E-state index contributed by atoms with van der Waals surface area (Å²) in [5.41, 5.74) is 0.0748. The third-order valence-corrected chi connectivity index (χ3v) is 3.62. The third-order valence-electron chi connectivity index (χ3n) is 3.39. The number of carbonyl (C=O) groups excluding carboxylic acids is 2. The maximum Gasteiger partial charge on any atom is 0.324 e. The van der Waals surface area contributed by atoms with Crippen molar-refractivity contribution in [1.29, 1.82) is 0 Å². The first-order valence-electron chi connectivity index (χ1n) is 7.49. The topological polar surface area (TPSA) is 92.6 Å². The van der Waals surface area contributed by atoms with Gasteiger partial charge in [-0.3, -0.25) is 19.7 Å². The molecule has 0 bridgehead atoms. The van der Waals surface area contributed by atoms with Crippen molar-refractivity contribution in [3.05, 3.63) is 34.4 Å². The van der Waals surface area contributed by atoms with Crippen LogP contribution in [0.15, 0.2) is 24.3 Å². The lowest BCUT2D eigenvalue weighted by molar-refractivity contribution is -0.384. The largest absolute Gasteiger partial charge is 0.351 e. The highest BCUT2D eigenvalue weighted by molar-refractivity contribution is 6.29. The Bertz CT molecular complexity index is 643. The molecule has 0 unspecified atom stereocenters. The molecule has 138 valence electrons. The molecule has 0 spiro atoms. The van der Waals surface area contributed by atoms with E-state index >= 15 is 0 Å². The molecule has 0 aliphatic rings. The molecular weight excluding hydrogens is 360 g/mol. The summed E-state index contributed by atoms with van der Waals surface area (Å²) in [6, 6.07) is 5.42. The first-order valence-corrected chi connectivity index (χ1v) is 8.03. The third kappa shape index (κ3) is 5.93. The van der Waals surface area contributed by atoms with Crippen LogP contribution < -0.4 is 10.2 Å². The number of non-ortho nitro benzene ring substituents is 1. The fraction of sp³-hybridized carbons (Fsp3) is 0.467. The van der Waals surface area contributed by atoms with Crippen LogP contribution in [0.3, 0.4) is 0 Å². The van der Waals surface area contributed by atoms with E-state index in [1.165, 1.54) is 36.1 Å². The van der Waals surface area contributed by atoms with Crippen molar-refractivity contribution >= 4 is 34.8 Å². The molecule has 0 aliphatic heterocycles. The van der Waals surface area contributed by atoms with Gasteiger partial charge in [0.25, 0.3) is 11.6 Å². The average Bonchev–Trinajstić information content (AvgIpc) is 2.60. The summed E-state index contributed by atoms with van der Waals surface area (Å²) in [5.74, 6) is -5.65. The van der Waals surface area contributed by atoms with E-state index in [0.717, 1.165) is 0 Å². The molecule has 0 heterocycles. The summed E-state index contributed by atoms with van der Waals surface area (Å²) in [6.07, 6.45) is -0.430. The molecule has 1 aromatic rings. The van der Waals surface area contributed by atoms with Crippen molar-refractivity contribution in [3.63, 3.8) is 0 Å². The average molecular weight is 378 g/mol. The van der Waals surface area contributed by atoms with E-state index in [9.17, 15) is 28.5 Å². The van der Waals surface area contributed by atoms with Crippen molar-refractivity contribution in [3.8, 4) is 0 Å². The number of nitrogens with one attached hydrogen (secondary N) is 1. The zero-order valence-corrected chi connectivity index (χ0v) is 14.3. The predicted molar refractivity (Wildman–Crippen MR) is 89.0 cm³/mol. The number of halogens is 3. The van der Waals surface area contributed by atoms with Crippen molar-refractivity contribution in [2.45, 2.75) is 25.7 Å². The number of rotatable bonds is 9. The molecule has 0 aliphatic carbocycles. The molecule has 2 amide bonds. The number of nitrogens with zero attached hydrogens (tertiary/aromatic N) is 2. The van der Waals surface area contributed by atoms with Crippen LogP contribution in [0, 0.1) is 10.1 Å². The van der Waals surface area contributed by atoms with Gasteiger partial charge in [-0.15, -0.1) is 11.6 Å². The lowest BCUT2D eigenvalue weighted by Crippen LogP contribution is -2.41. The molecule has 10 heteroatoms. The van der Waals surface area contributed by atoms with Crippen molar-refractivity contribution in [2.75, 3.05) is 23.9 Å². The van der Waals surface area contributed by atoms with Crippen molar-refractivity contribution < 1.29 is 23.3 Å². The summed E-state index contributed by atoms with van der Waals surface area (Å²) in [5, 5.41) is 12.9. The minimum Gasteiger partial charge on any atom is -0.351 e. The maximum atomic E-state index is 13.1. The van der Waals surface area contributed by atoms with Gasteiger partial charge in [0.2, 0.25) is 5.91 Å². The first kappa shape index (κ1) is 20.8. The number of anilines is 1. The standard InChI is InChI=1S/C15H18ClF2N3O4/c1-2-15(17,18)14(23)19-7-4-8-20(13(22)10-16)11-5-3-6-12(9-11)21(24)25/h3,5-6,9H,2,4,7-8,10H2,1H3,(H,19,23). The summed E-state index contributed by atoms with van der Waals surface area (Å²) in [4.78, 5) is 34.7. The summed E-state index contributed by atoms with van der Waals surface area (Å²) < 4.78 is 26.3. The van der Waals surface area contributed by atoms with E-state index in [2.05, 4.69) is 5.32 Å². The number of hydrogen-bond acceptors (Lipinski definition) is 4.